The molecule has 0 radical (unpaired) electrons. The van der Waals surface area contributed by atoms with Crippen molar-refractivity contribution in [1.29, 1.82) is 0 Å². The lowest BCUT2D eigenvalue weighted by atomic mass is 9.60. The lowest BCUT2D eigenvalue weighted by Gasteiger charge is -2.47. The molecule has 0 unspecified atom stereocenters. The Morgan fingerprint density at radius 1 is 0.980 bits per heavy atom. The fourth-order valence-corrected chi connectivity index (χ4v) is 9.67. The quantitative estimate of drug-likeness (QED) is 0.260. The number of alkyl halides is 5. The van der Waals surface area contributed by atoms with Gasteiger partial charge in [0, 0.05) is 30.0 Å². The van der Waals surface area contributed by atoms with E-state index in [9.17, 15) is 30.8 Å². The van der Waals surface area contributed by atoms with Crippen molar-refractivity contribution >= 4 is 21.5 Å². The number of Topliss-reactive ketones (excluding diaryl/α,β-unsaturated/α-hetero) is 1. The molecule has 1 spiro atoms. The normalized spacial score (nSPS) is 24.8. The van der Waals surface area contributed by atoms with E-state index in [1.807, 2.05) is 0 Å². The van der Waals surface area contributed by atoms with Crippen molar-refractivity contribution in [2.24, 2.45) is 5.41 Å². The number of allylic oxidation sites excluding steroid dienone is 3. The maximum atomic E-state index is 16.2. The third kappa shape index (κ3) is 4.99. The van der Waals surface area contributed by atoms with Crippen LogP contribution in [0.5, 0.6) is 0 Å². The van der Waals surface area contributed by atoms with Gasteiger partial charge in [-0.15, -0.1) is 0 Å². The van der Waals surface area contributed by atoms with Crippen LogP contribution in [-0.4, -0.2) is 52.1 Å². The zero-order valence-corrected chi connectivity index (χ0v) is 27.1. The Balaban J connectivity index is 1.25. The van der Waals surface area contributed by atoms with E-state index in [1.165, 1.54) is 33.6 Å². The molecule has 50 heavy (non-hydrogen) atoms. The number of carbonyl (C=O) groups is 1. The number of carbonyl (C=O) groups excluding carboxylic acids is 1. The Bertz CT molecular complexity index is 2110. The summed E-state index contributed by atoms with van der Waals surface area (Å²) in [6.07, 6.45) is 0.586. The minimum absolute atomic E-state index is 0.00195. The Labute approximate surface area is 283 Å². The van der Waals surface area contributed by atoms with E-state index in [0.717, 1.165) is 24.4 Å². The second kappa shape index (κ2) is 11.0. The van der Waals surface area contributed by atoms with Crippen molar-refractivity contribution < 1.29 is 39.6 Å². The average Bonchev–Trinajstić information content (AvgIpc) is 3.85. The van der Waals surface area contributed by atoms with Crippen molar-refractivity contribution in [3.8, 4) is 0 Å². The molecule has 260 valence electrons. The van der Waals surface area contributed by atoms with Gasteiger partial charge in [0.15, 0.2) is 5.78 Å². The van der Waals surface area contributed by atoms with E-state index in [-0.39, 0.29) is 31.5 Å². The Hall–Kier alpha value is -4.50. The van der Waals surface area contributed by atoms with Crippen molar-refractivity contribution in [2.75, 3.05) is 11.6 Å². The number of sulfonamides is 1. The highest BCUT2D eigenvalue weighted by Gasteiger charge is 2.56. The molecule has 2 saturated carbocycles. The van der Waals surface area contributed by atoms with Gasteiger partial charge in [-0.05, 0) is 98.7 Å². The molecule has 2 atom stereocenters. The van der Waals surface area contributed by atoms with Crippen LogP contribution in [0.25, 0.3) is 0 Å². The van der Waals surface area contributed by atoms with Gasteiger partial charge in [-0.3, -0.25) is 24.8 Å². The Morgan fingerprint density at radius 3 is 2.38 bits per heavy atom. The lowest BCUT2D eigenvalue weighted by molar-refractivity contribution is -0.141. The molecule has 1 aromatic carbocycles. The molecule has 5 aliphatic rings. The van der Waals surface area contributed by atoms with E-state index in [2.05, 4.69) is 16.5 Å². The topological polar surface area (TPSA) is 86.7 Å². The average molecular weight is 714 g/mol. The second-order valence-corrected chi connectivity index (χ2v) is 15.2. The van der Waals surface area contributed by atoms with Crippen LogP contribution in [0.1, 0.15) is 60.3 Å². The van der Waals surface area contributed by atoms with Gasteiger partial charge in [0.05, 0.1) is 23.3 Å². The minimum Gasteiger partial charge on any atom is -0.291 e. The summed E-state index contributed by atoms with van der Waals surface area (Å²) >= 11 is 0. The third-order valence-electron chi connectivity index (χ3n) is 10.3. The van der Waals surface area contributed by atoms with E-state index in [0.29, 0.717) is 54.1 Å². The minimum atomic E-state index is -4.75. The van der Waals surface area contributed by atoms with Crippen LogP contribution in [0.15, 0.2) is 101 Å². The molecule has 0 amide bonds. The number of ketones is 1. The van der Waals surface area contributed by atoms with Gasteiger partial charge in [0.1, 0.15) is 27.8 Å². The van der Waals surface area contributed by atoms with Gasteiger partial charge in [-0.25, -0.2) is 12.8 Å². The number of halogens is 6. The summed E-state index contributed by atoms with van der Waals surface area (Å²) in [4.78, 5) is 22.0. The van der Waals surface area contributed by atoms with Crippen molar-refractivity contribution in [3.63, 3.8) is 0 Å². The van der Waals surface area contributed by atoms with Crippen LogP contribution in [0.3, 0.4) is 0 Å². The van der Waals surface area contributed by atoms with E-state index < -0.39 is 73.1 Å². The number of benzene rings is 1. The SMILES string of the molecule is C=C1N2CC3=C(C=C4CC[C@H](N(C5CC5)S(=O)(=O)c5ccc(C(F)(F)F)nc5)C[C@]4(C3)C(=O)c3cc(ccn3)C1(F)F)N2c1ccc(F)cc1. The van der Waals surface area contributed by atoms with Crippen LogP contribution in [-0.2, 0) is 22.1 Å². The molecule has 3 aliphatic carbocycles. The Morgan fingerprint density at radius 2 is 1.72 bits per heavy atom. The number of pyridine rings is 2. The first-order valence-corrected chi connectivity index (χ1v) is 17.5. The molecular formula is C35H29F6N5O3S. The molecule has 0 N–H and O–H groups in total. The maximum absolute atomic E-state index is 16.2. The molecule has 0 saturated heterocycles. The molecule has 2 aliphatic heterocycles. The van der Waals surface area contributed by atoms with Gasteiger partial charge in [-0.1, -0.05) is 12.2 Å². The highest BCUT2D eigenvalue weighted by molar-refractivity contribution is 7.89. The molecule has 8 nitrogen and oxygen atoms in total. The van der Waals surface area contributed by atoms with Crippen LogP contribution in [0.2, 0.25) is 0 Å². The predicted octanol–water partition coefficient (Wildman–Crippen LogP) is 7.15. The van der Waals surface area contributed by atoms with E-state index in [4.69, 9.17) is 0 Å². The molecule has 4 heterocycles. The number of hydrazine groups is 1. The number of hydrogen-bond donors (Lipinski definition) is 0. The number of aromatic nitrogens is 2. The molecule has 2 aromatic heterocycles. The maximum Gasteiger partial charge on any atom is 0.433 e. The highest BCUT2D eigenvalue weighted by atomic mass is 32.2. The van der Waals surface area contributed by atoms with Gasteiger partial charge < -0.3 is 0 Å². The molecule has 5 bridgehead atoms. The van der Waals surface area contributed by atoms with Crippen LogP contribution in [0, 0.1) is 11.2 Å². The summed E-state index contributed by atoms with van der Waals surface area (Å²) in [6, 6.07) is 7.90. The third-order valence-corrected chi connectivity index (χ3v) is 12.3. The fourth-order valence-electron chi connectivity index (χ4n) is 7.82. The summed E-state index contributed by atoms with van der Waals surface area (Å²) in [6.45, 7) is 3.73. The first kappa shape index (κ1) is 32.7. The predicted molar refractivity (Wildman–Crippen MR) is 168 cm³/mol. The summed E-state index contributed by atoms with van der Waals surface area (Å²) in [5.41, 5.74) is -1.58. The van der Waals surface area contributed by atoms with Crippen LogP contribution < -0.4 is 5.01 Å². The molecule has 8 rings (SSSR count). The highest BCUT2D eigenvalue weighted by Crippen LogP contribution is 2.56. The summed E-state index contributed by atoms with van der Waals surface area (Å²) in [5.74, 6) is -4.67. The zero-order chi connectivity index (χ0) is 35.4. The molecular weight excluding hydrogens is 684 g/mol. The van der Waals surface area contributed by atoms with Gasteiger partial charge in [-0.2, -0.15) is 26.3 Å². The summed E-state index contributed by atoms with van der Waals surface area (Å²) < 4.78 is 116. The first-order valence-electron chi connectivity index (χ1n) is 16.0. The molecule has 15 heteroatoms. The van der Waals surface area contributed by atoms with Gasteiger partial charge >= 0.3 is 12.1 Å². The standard InChI is InChI=1S/C35H29F6N5O3S/c1-20-34(37,38)23-12-13-42-29(14-23)32(47)33-16-21-19-44(20)45(25-6-3-24(36)4-7-25)30(21)15-22(33)2-5-27(17-33)46(26-8-9-26)50(48,49)28-10-11-31(43-18-28)35(39,40)41/h3-4,6-7,10-15,18,26-27H,1-2,5,8-9,16-17,19H2/t27-,33-/m0/s1. The largest absolute Gasteiger partial charge is 0.433 e. The van der Waals surface area contributed by atoms with Gasteiger partial charge in [0.2, 0.25) is 10.0 Å². The van der Waals surface area contributed by atoms with Gasteiger partial charge in [0.25, 0.3) is 0 Å². The van der Waals surface area contributed by atoms with Crippen LogP contribution >= 0.6 is 0 Å². The van der Waals surface area contributed by atoms with E-state index in [1.54, 1.807) is 11.1 Å². The molecule has 2 fully saturated rings. The zero-order valence-electron chi connectivity index (χ0n) is 26.3. The van der Waals surface area contributed by atoms with Crippen LogP contribution in [0.4, 0.5) is 32.0 Å². The lowest BCUT2D eigenvalue weighted by Crippen LogP contribution is -2.51. The number of rotatable bonds is 5. The fraction of sp³-hybridized carbons (Fsp3) is 0.343. The summed E-state index contributed by atoms with van der Waals surface area (Å²) in [7, 11) is -4.36. The number of fused-ring (bicyclic) bond motifs is 3. The first-order chi connectivity index (χ1) is 23.6. The summed E-state index contributed by atoms with van der Waals surface area (Å²) in [5, 5.41) is 2.88. The van der Waals surface area contributed by atoms with Crippen molar-refractivity contribution in [3.05, 3.63) is 119 Å². The van der Waals surface area contributed by atoms with E-state index >= 15 is 8.78 Å². The van der Waals surface area contributed by atoms with Crippen molar-refractivity contribution in [2.45, 2.75) is 67.6 Å². The number of hydrogen-bond acceptors (Lipinski definition) is 7. The van der Waals surface area contributed by atoms with Crippen molar-refractivity contribution in [1.82, 2.24) is 19.3 Å². The number of nitrogens with zero attached hydrogens (tertiary/aromatic N) is 5. The number of anilines is 1. The Kier molecular flexibility index (Phi) is 7.19. The monoisotopic (exact) mass is 713 g/mol. The smallest absolute Gasteiger partial charge is 0.291 e. The molecule has 3 aromatic rings. The second-order valence-electron chi connectivity index (χ2n) is 13.4.